The number of amides is 1. The Hall–Kier alpha value is -2.17. The fourth-order valence-electron chi connectivity index (χ4n) is 3.81. The third-order valence-electron chi connectivity index (χ3n) is 5.44. The lowest BCUT2D eigenvalue weighted by Gasteiger charge is -2.32. The number of imidazole rings is 1. The van der Waals surface area contributed by atoms with Crippen molar-refractivity contribution in [3.05, 3.63) is 47.8 Å². The number of nitrogens with zero attached hydrogens (tertiary/aromatic N) is 4. The van der Waals surface area contributed by atoms with Gasteiger partial charge in [0.25, 0.3) is 0 Å². The van der Waals surface area contributed by atoms with Crippen molar-refractivity contribution in [1.82, 2.24) is 19.4 Å². The molecule has 2 aromatic rings. The Morgan fingerprint density at radius 1 is 1.25 bits per heavy atom. The van der Waals surface area contributed by atoms with Crippen molar-refractivity contribution in [2.45, 2.75) is 51.6 Å². The van der Waals surface area contributed by atoms with Crippen LogP contribution in [0.3, 0.4) is 0 Å². The van der Waals surface area contributed by atoms with Crippen LogP contribution in [0.1, 0.15) is 55.2 Å². The predicted molar refractivity (Wildman–Crippen MR) is 91.3 cm³/mol. The van der Waals surface area contributed by atoms with Crippen LogP contribution in [0.4, 0.5) is 0 Å². The minimum atomic E-state index is 0.128. The van der Waals surface area contributed by atoms with E-state index in [1.165, 1.54) is 6.42 Å². The molecule has 5 nitrogen and oxygen atoms in total. The van der Waals surface area contributed by atoms with Gasteiger partial charge in [-0.25, -0.2) is 4.98 Å². The van der Waals surface area contributed by atoms with E-state index in [4.69, 9.17) is 0 Å². The van der Waals surface area contributed by atoms with E-state index in [0.29, 0.717) is 5.91 Å². The normalized spacial score (nSPS) is 21.0. The highest BCUT2D eigenvalue weighted by Crippen LogP contribution is 2.37. The second-order valence-electron chi connectivity index (χ2n) is 7.02. The molecular formula is C19H24N4O. The summed E-state index contributed by atoms with van der Waals surface area (Å²) in [6.45, 7) is 3.72. The van der Waals surface area contributed by atoms with Gasteiger partial charge in [0.1, 0.15) is 5.82 Å². The number of likely N-dealkylation sites (tertiary alicyclic amines) is 1. The minimum absolute atomic E-state index is 0.128. The molecule has 1 atom stereocenters. The van der Waals surface area contributed by atoms with Gasteiger partial charge in [0.2, 0.25) is 5.91 Å². The van der Waals surface area contributed by atoms with E-state index < -0.39 is 0 Å². The van der Waals surface area contributed by atoms with E-state index in [0.717, 1.165) is 55.9 Å². The van der Waals surface area contributed by atoms with Crippen molar-refractivity contribution in [1.29, 1.82) is 0 Å². The molecule has 1 aliphatic heterocycles. The van der Waals surface area contributed by atoms with Gasteiger partial charge in [0.15, 0.2) is 0 Å². The average molecular weight is 324 g/mol. The number of hydrogen-bond donors (Lipinski definition) is 0. The smallest absolute Gasteiger partial charge is 0.226 e. The third kappa shape index (κ3) is 2.72. The Kier molecular flexibility index (Phi) is 4.08. The molecule has 1 amide bonds. The molecule has 0 aromatic carbocycles. The second kappa shape index (κ2) is 6.38. The molecule has 1 saturated carbocycles. The molecule has 2 aliphatic rings. The molecule has 2 aromatic heterocycles. The van der Waals surface area contributed by atoms with Crippen LogP contribution in [0, 0.1) is 12.8 Å². The molecule has 0 radical (unpaired) electrons. The van der Waals surface area contributed by atoms with Crippen molar-refractivity contribution in [2.24, 2.45) is 5.92 Å². The van der Waals surface area contributed by atoms with Crippen LogP contribution in [0.5, 0.6) is 0 Å². The first kappa shape index (κ1) is 15.4. The standard InChI is InChI=1S/C19H24N4O/c1-14-11-21-18(23(14)13-15-5-3-9-20-12-15)17-8-4-10-22(17)19(24)16-6-2-7-16/h3,5,9,11-12,16-17H,2,4,6-8,10,13H2,1H3. The van der Waals surface area contributed by atoms with Crippen LogP contribution in [-0.2, 0) is 11.3 Å². The molecule has 24 heavy (non-hydrogen) atoms. The molecule has 1 saturated heterocycles. The summed E-state index contributed by atoms with van der Waals surface area (Å²) in [7, 11) is 0. The second-order valence-corrected chi connectivity index (χ2v) is 7.02. The van der Waals surface area contributed by atoms with Crippen LogP contribution >= 0.6 is 0 Å². The summed E-state index contributed by atoms with van der Waals surface area (Å²) in [5.41, 5.74) is 2.30. The number of aromatic nitrogens is 3. The quantitative estimate of drug-likeness (QED) is 0.868. The molecule has 1 aliphatic carbocycles. The van der Waals surface area contributed by atoms with Gasteiger partial charge in [-0.3, -0.25) is 9.78 Å². The Morgan fingerprint density at radius 3 is 2.83 bits per heavy atom. The van der Waals surface area contributed by atoms with Crippen LogP contribution in [0.25, 0.3) is 0 Å². The maximum atomic E-state index is 12.8. The molecule has 3 heterocycles. The molecule has 0 bridgehead atoms. The van der Waals surface area contributed by atoms with Gasteiger partial charge in [0, 0.05) is 36.7 Å². The first-order valence-electron chi connectivity index (χ1n) is 8.95. The SMILES string of the molecule is Cc1cnc(C2CCCN2C(=O)C2CCC2)n1Cc1cccnc1. The largest absolute Gasteiger partial charge is 0.332 e. The summed E-state index contributed by atoms with van der Waals surface area (Å²) >= 11 is 0. The van der Waals surface area contributed by atoms with E-state index in [1.54, 1.807) is 6.20 Å². The number of carbonyl (C=O) groups excluding carboxylic acids is 1. The molecule has 0 N–H and O–H groups in total. The van der Waals surface area contributed by atoms with Gasteiger partial charge in [0.05, 0.1) is 12.6 Å². The first-order valence-corrected chi connectivity index (χ1v) is 8.95. The Bertz CT molecular complexity index is 720. The summed E-state index contributed by atoms with van der Waals surface area (Å²) in [5, 5.41) is 0. The number of rotatable bonds is 4. The van der Waals surface area contributed by atoms with Crippen molar-refractivity contribution < 1.29 is 4.79 Å². The lowest BCUT2D eigenvalue weighted by atomic mass is 9.84. The Balaban J connectivity index is 1.60. The number of carbonyl (C=O) groups is 1. The molecule has 4 rings (SSSR count). The molecule has 0 spiro atoms. The maximum Gasteiger partial charge on any atom is 0.226 e. The van der Waals surface area contributed by atoms with Crippen LogP contribution in [0.2, 0.25) is 0 Å². The highest BCUT2D eigenvalue weighted by atomic mass is 16.2. The minimum Gasteiger partial charge on any atom is -0.332 e. The zero-order valence-electron chi connectivity index (χ0n) is 14.2. The van der Waals surface area contributed by atoms with Crippen molar-refractivity contribution in [3.63, 3.8) is 0 Å². The predicted octanol–water partition coefficient (Wildman–Crippen LogP) is 3.10. The summed E-state index contributed by atoms with van der Waals surface area (Å²) in [4.78, 5) is 23.7. The molecule has 2 fully saturated rings. The summed E-state index contributed by atoms with van der Waals surface area (Å²) in [5.74, 6) is 1.63. The average Bonchev–Trinajstić information content (AvgIpc) is 3.14. The van der Waals surface area contributed by atoms with E-state index in [1.807, 2.05) is 18.5 Å². The van der Waals surface area contributed by atoms with E-state index >= 15 is 0 Å². The van der Waals surface area contributed by atoms with E-state index in [2.05, 4.69) is 32.4 Å². The van der Waals surface area contributed by atoms with Gasteiger partial charge >= 0.3 is 0 Å². The molecule has 1 unspecified atom stereocenters. The molecular weight excluding hydrogens is 300 g/mol. The fraction of sp³-hybridized carbons (Fsp3) is 0.526. The first-order chi connectivity index (χ1) is 11.7. The Labute approximate surface area is 142 Å². The molecule has 5 heteroatoms. The highest BCUT2D eigenvalue weighted by molar-refractivity contribution is 5.80. The molecule has 126 valence electrons. The van der Waals surface area contributed by atoms with Gasteiger partial charge < -0.3 is 9.47 Å². The fourth-order valence-corrected chi connectivity index (χ4v) is 3.81. The topological polar surface area (TPSA) is 51.0 Å². The van der Waals surface area contributed by atoms with E-state index in [9.17, 15) is 4.79 Å². The highest BCUT2D eigenvalue weighted by Gasteiger charge is 2.38. The van der Waals surface area contributed by atoms with Gasteiger partial charge in [-0.2, -0.15) is 0 Å². The summed E-state index contributed by atoms with van der Waals surface area (Å²) in [6, 6.07) is 4.18. The van der Waals surface area contributed by atoms with Crippen LogP contribution < -0.4 is 0 Å². The van der Waals surface area contributed by atoms with E-state index in [-0.39, 0.29) is 12.0 Å². The van der Waals surface area contributed by atoms with Crippen LogP contribution in [0.15, 0.2) is 30.7 Å². The number of aryl methyl sites for hydroxylation is 1. The summed E-state index contributed by atoms with van der Waals surface area (Å²) in [6.07, 6.45) is 11.0. The maximum absolute atomic E-state index is 12.8. The number of hydrogen-bond acceptors (Lipinski definition) is 3. The van der Waals surface area contributed by atoms with Crippen LogP contribution in [-0.4, -0.2) is 31.9 Å². The number of pyridine rings is 1. The van der Waals surface area contributed by atoms with Crippen molar-refractivity contribution >= 4 is 5.91 Å². The van der Waals surface area contributed by atoms with Gasteiger partial charge in [-0.05, 0) is 44.2 Å². The third-order valence-corrected chi connectivity index (χ3v) is 5.44. The van der Waals surface area contributed by atoms with Gasteiger partial charge in [-0.1, -0.05) is 12.5 Å². The van der Waals surface area contributed by atoms with Crippen molar-refractivity contribution in [2.75, 3.05) is 6.54 Å². The van der Waals surface area contributed by atoms with Crippen molar-refractivity contribution in [3.8, 4) is 0 Å². The zero-order valence-corrected chi connectivity index (χ0v) is 14.2. The monoisotopic (exact) mass is 324 g/mol. The Morgan fingerprint density at radius 2 is 2.12 bits per heavy atom. The lowest BCUT2D eigenvalue weighted by Crippen LogP contribution is -2.39. The lowest BCUT2D eigenvalue weighted by molar-refractivity contribution is -0.139. The van der Waals surface area contributed by atoms with Gasteiger partial charge in [-0.15, -0.1) is 0 Å². The zero-order chi connectivity index (χ0) is 16.5. The summed E-state index contributed by atoms with van der Waals surface area (Å²) < 4.78 is 2.24.